The molecule has 2 heterocycles. The summed E-state index contributed by atoms with van der Waals surface area (Å²) in [6, 6.07) is 0. The van der Waals surface area contributed by atoms with Crippen LogP contribution < -0.4 is 10.6 Å². The van der Waals surface area contributed by atoms with Crippen molar-refractivity contribution in [1.29, 1.82) is 0 Å². The van der Waals surface area contributed by atoms with Crippen molar-refractivity contribution in [1.82, 2.24) is 15.3 Å². The van der Waals surface area contributed by atoms with Crippen molar-refractivity contribution in [3.05, 3.63) is 15.4 Å². The van der Waals surface area contributed by atoms with Gasteiger partial charge in [0.05, 0.1) is 11.6 Å². The van der Waals surface area contributed by atoms with E-state index in [4.69, 9.17) is 0 Å². The number of carbonyl (C=O) groups excluding carboxylic acids is 1. The molecule has 0 bridgehead atoms. The number of aromatic nitrogens is 2. The van der Waals surface area contributed by atoms with Crippen molar-refractivity contribution in [2.45, 2.75) is 32.6 Å². The van der Waals surface area contributed by atoms with Gasteiger partial charge in [-0.05, 0) is 64.2 Å². The van der Waals surface area contributed by atoms with Crippen molar-refractivity contribution in [3.63, 3.8) is 0 Å². The molecule has 1 saturated heterocycles. The van der Waals surface area contributed by atoms with Crippen LogP contribution >= 0.6 is 31.9 Å². The minimum atomic E-state index is -0.284. The average molecular weight is 406 g/mol. The lowest BCUT2D eigenvalue weighted by Gasteiger charge is -2.36. The van der Waals surface area contributed by atoms with Gasteiger partial charge in [-0.1, -0.05) is 13.3 Å². The van der Waals surface area contributed by atoms with Crippen LogP contribution in [0, 0.1) is 5.41 Å². The van der Waals surface area contributed by atoms with Gasteiger partial charge < -0.3 is 10.6 Å². The van der Waals surface area contributed by atoms with Crippen LogP contribution in [-0.4, -0.2) is 29.0 Å². The molecule has 5 nitrogen and oxygen atoms in total. The van der Waals surface area contributed by atoms with Gasteiger partial charge in [0.1, 0.15) is 9.21 Å². The third kappa shape index (κ3) is 3.56. The number of hydrogen-bond donors (Lipinski definition) is 2. The summed E-state index contributed by atoms with van der Waals surface area (Å²) in [6.45, 7) is 3.90. The third-order valence-corrected chi connectivity index (χ3v) is 4.64. The van der Waals surface area contributed by atoms with E-state index in [1.165, 1.54) is 0 Å². The van der Waals surface area contributed by atoms with Gasteiger partial charge in [0.15, 0.2) is 5.82 Å². The lowest BCUT2D eigenvalue weighted by Crippen LogP contribution is -2.45. The van der Waals surface area contributed by atoms with Crippen LogP contribution in [-0.2, 0) is 4.79 Å². The molecule has 0 unspecified atom stereocenters. The normalized spacial score (nSPS) is 17.8. The molecule has 0 spiro atoms. The molecule has 20 heavy (non-hydrogen) atoms. The summed E-state index contributed by atoms with van der Waals surface area (Å²) >= 11 is 6.58. The van der Waals surface area contributed by atoms with Crippen LogP contribution in [0.3, 0.4) is 0 Å². The fraction of sp³-hybridized carbons (Fsp3) is 0.615. The zero-order valence-electron chi connectivity index (χ0n) is 11.4. The van der Waals surface area contributed by atoms with Gasteiger partial charge in [-0.3, -0.25) is 4.79 Å². The lowest BCUT2D eigenvalue weighted by atomic mass is 9.74. The molecule has 1 aliphatic rings. The molecule has 2 N–H and O–H groups in total. The maximum Gasteiger partial charge on any atom is 0.231 e. The van der Waals surface area contributed by atoms with E-state index in [1.807, 2.05) is 0 Å². The molecule has 110 valence electrons. The second-order valence-electron chi connectivity index (χ2n) is 5.07. The van der Waals surface area contributed by atoms with E-state index in [0.717, 1.165) is 38.8 Å². The van der Waals surface area contributed by atoms with E-state index < -0.39 is 0 Å². The van der Waals surface area contributed by atoms with Gasteiger partial charge in [0.25, 0.3) is 0 Å². The number of piperidine rings is 1. The number of rotatable bonds is 4. The molecule has 0 aliphatic carbocycles. The molecule has 7 heteroatoms. The standard InChI is InChI=1S/C13H18Br2N4O/c1-2-3-13(4-6-16-7-5-13)12(20)19-11-10(15)18-9(14)8-17-11/h8,16H,2-7H2,1H3,(H,17,19,20). The summed E-state index contributed by atoms with van der Waals surface area (Å²) in [5, 5.41) is 6.24. The minimum absolute atomic E-state index is 0.0539. The molecular formula is C13H18Br2N4O. The number of hydrogen-bond acceptors (Lipinski definition) is 4. The van der Waals surface area contributed by atoms with E-state index in [0.29, 0.717) is 15.0 Å². The number of carbonyl (C=O) groups is 1. The van der Waals surface area contributed by atoms with Crippen LogP contribution in [0.4, 0.5) is 5.82 Å². The summed E-state index contributed by atoms with van der Waals surface area (Å²) in [5.41, 5.74) is -0.284. The Bertz CT molecular complexity index is 484. The van der Waals surface area contributed by atoms with Crippen molar-refractivity contribution >= 4 is 43.6 Å². The van der Waals surface area contributed by atoms with Crippen molar-refractivity contribution in [2.24, 2.45) is 5.41 Å². The SMILES string of the molecule is CCCC1(C(=O)Nc2ncc(Br)nc2Br)CCNCC1. The molecule has 1 amide bonds. The Kier molecular flexibility index (Phi) is 5.51. The topological polar surface area (TPSA) is 66.9 Å². The summed E-state index contributed by atoms with van der Waals surface area (Å²) in [4.78, 5) is 21.1. The Hall–Kier alpha value is -0.530. The van der Waals surface area contributed by atoms with Gasteiger partial charge in [-0.15, -0.1) is 0 Å². The molecule has 0 radical (unpaired) electrons. The highest BCUT2D eigenvalue weighted by Crippen LogP contribution is 2.35. The van der Waals surface area contributed by atoms with E-state index in [-0.39, 0.29) is 11.3 Å². The first kappa shape index (κ1) is 15.9. The first-order valence-corrected chi connectivity index (χ1v) is 8.36. The van der Waals surface area contributed by atoms with Crippen molar-refractivity contribution in [2.75, 3.05) is 18.4 Å². The fourth-order valence-electron chi connectivity index (χ4n) is 2.65. The Labute approximate surface area is 135 Å². The number of anilines is 1. The average Bonchev–Trinajstić information content (AvgIpc) is 2.43. The molecule has 1 aromatic heterocycles. The zero-order valence-corrected chi connectivity index (χ0v) is 14.6. The summed E-state index contributed by atoms with van der Waals surface area (Å²) in [7, 11) is 0. The van der Waals surface area contributed by atoms with E-state index >= 15 is 0 Å². The van der Waals surface area contributed by atoms with Gasteiger partial charge in [0.2, 0.25) is 5.91 Å². The monoisotopic (exact) mass is 404 g/mol. The Morgan fingerprint density at radius 2 is 2.15 bits per heavy atom. The molecule has 2 rings (SSSR count). The second kappa shape index (κ2) is 6.95. The largest absolute Gasteiger partial charge is 0.317 e. The van der Waals surface area contributed by atoms with Crippen molar-refractivity contribution < 1.29 is 4.79 Å². The smallest absolute Gasteiger partial charge is 0.231 e. The summed E-state index contributed by atoms with van der Waals surface area (Å²) in [5.74, 6) is 0.533. The van der Waals surface area contributed by atoms with Crippen LogP contribution in [0.1, 0.15) is 32.6 Å². The first-order chi connectivity index (χ1) is 9.57. The predicted molar refractivity (Wildman–Crippen MR) is 85.5 cm³/mol. The first-order valence-electron chi connectivity index (χ1n) is 6.77. The number of nitrogens with one attached hydrogen (secondary N) is 2. The van der Waals surface area contributed by atoms with Crippen LogP contribution in [0.2, 0.25) is 0 Å². The fourth-order valence-corrected chi connectivity index (χ4v) is 3.56. The van der Waals surface area contributed by atoms with Crippen LogP contribution in [0.15, 0.2) is 15.4 Å². The molecular weight excluding hydrogens is 388 g/mol. The quantitative estimate of drug-likeness (QED) is 0.807. The molecule has 0 saturated carbocycles. The molecule has 0 aromatic carbocycles. The zero-order chi connectivity index (χ0) is 14.6. The minimum Gasteiger partial charge on any atom is -0.317 e. The third-order valence-electron chi connectivity index (χ3n) is 3.70. The summed E-state index contributed by atoms with van der Waals surface area (Å²) < 4.78 is 1.17. The Morgan fingerprint density at radius 3 is 2.75 bits per heavy atom. The Morgan fingerprint density at radius 1 is 1.45 bits per heavy atom. The van der Waals surface area contributed by atoms with Crippen LogP contribution in [0.5, 0.6) is 0 Å². The van der Waals surface area contributed by atoms with Gasteiger partial charge in [0, 0.05) is 0 Å². The summed E-state index contributed by atoms with van der Waals surface area (Å²) in [6.07, 6.45) is 5.22. The maximum absolute atomic E-state index is 12.7. The molecule has 0 atom stereocenters. The molecule has 1 aliphatic heterocycles. The van der Waals surface area contributed by atoms with Gasteiger partial charge in [-0.25, -0.2) is 9.97 Å². The van der Waals surface area contributed by atoms with E-state index in [9.17, 15) is 4.79 Å². The highest BCUT2D eigenvalue weighted by molar-refractivity contribution is 9.11. The van der Waals surface area contributed by atoms with Gasteiger partial charge >= 0.3 is 0 Å². The highest BCUT2D eigenvalue weighted by atomic mass is 79.9. The van der Waals surface area contributed by atoms with Crippen molar-refractivity contribution in [3.8, 4) is 0 Å². The number of halogens is 2. The highest BCUT2D eigenvalue weighted by Gasteiger charge is 2.38. The van der Waals surface area contributed by atoms with E-state index in [1.54, 1.807) is 6.20 Å². The maximum atomic E-state index is 12.7. The molecule has 1 aromatic rings. The number of nitrogens with zero attached hydrogens (tertiary/aromatic N) is 2. The van der Waals surface area contributed by atoms with E-state index in [2.05, 4.69) is 59.4 Å². The molecule has 1 fully saturated rings. The Balaban J connectivity index is 2.15. The lowest BCUT2D eigenvalue weighted by molar-refractivity contribution is -0.127. The predicted octanol–water partition coefficient (Wildman–Crippen LogP) is 3.11. The number of amides is 1. The van der Waals surface area contributed by atoms with Crippen LogP contribution in [0.25, 0.3) is 0 Å². The van der Waals surface area contributed by atoms with Gasteiger partial charge in [-0.2, -0.15) is 0 Å². The second-order valence-corrected chi connectivity index (χ2v) is 6.63.